The molecule has 4 rings (SSSR count). The van der Waals surface area contributed by atoms with Gasteiger partial charge in [0, 0.05) is 103 Å². The third-order valence-corrected chi connectivity index (χ3v) is 24.5. The third kappa shape index (κ3) is 25.3. The van der Waals surface area contributed by atoms with Crippen LogP contribution in [0.25, 0.3) is 0 Å². The number of rotatable bonds is 43. The van der Waals surface area contributed by atoms with Gasteiger partial charge in [-0.3, -0.25) is 25.2 Å². The van der Waals surface area contributed by atoms with Crippen LogP contribution in [0.3, 0.4) is 0 Å². The highest BCUT2D eigenvalue weighted by molar-refractivity contribution is 8.11. The number of anilines is 1. The number of nitrogens with one attached hydrogen (secondary N) is 4. The molecule has 19 nitrogen and oxygen atoms in total. The van der Waals surface area contributed by atoms with E-state index in [1.54, 1.807) is 24.3 Å². The zero-order chi connectivity index (χ0) is 62.1. The van der Waals surface area contributed by atoms with Gasteiger partial charge < -0.3 is 38.5 Å². The Morgan fingerprint density at radius 3 is 1.16 bits per heavy atom. The van der Waals surface area contributed by atoms with Crippen LogP contribution in [0.1, 0.15) is 84.6 Å². The Balaban J connectivity index is 1.56. The van der Waals surface area contributed by atoms with Crippen molar-refractivity contribution in [3.63, 3.8) is 0 Å². The minimum Gasteiger partial charge on any atom is -0.492 e. The standard InChI is InChI=1S/C60H98N15O4P3S3/c1-13-22-53-23-31-57(32-24-53)75(21-9)47-48-77-58-33-25-54(26-34-58)51-63-70(12)82(85,78-59-35-27-55(28-36-59)49-61-68(10)80(83,64-39-43-71(14-2)15-3)65-40-44-72(16-4)17-5)79-60-37-29-56(30-38-60)50-62-69(11)81(84,66-41-45-73(18-6)19-7)67-42-46-74(20-8)52-76/h23-38,49-51,76H,14-21,39-48,52H2,1-12H3,(H2,64,65,83)(H2,66,67,84)/b61-49+,62-50+,63-51+. The first kappa shape index (κ1) is 73.1. The Labute approximate surface area is 526 Å². The van der Waals surface area contributed by atoms with Gasteiger partial charge in [-0.2, -0.15) is 15.3 Å². The van der Waals surface area contributed by atoms with E-state index in [2.05, 4.69) is 112 Å². The van der Waals surface area contributed by atoms with E-state index in [0.717, 1.165) is 125 Å². The van der Waals surface area contributed by atoms with Gasteiger partial charge in [-0.05, 0) is 197 Å². The van der Waals surface area contributed by atoms with Gasteiger partial charge in [-0.1, -0.05) is 54.4 Å². The van der Waals surface area contributed by atoms with Gasteiger partial charge in [0.2, 0.25) is 0 Å². The molecule has 0 spiro atoms. The number of aliphatic hydroxyl groups excluding tert-OH is 1. The molecule has 0 fully saturated rings. The second-order valence-electron chi connectivity index (χ2n) is 19.6. The Hall–Kier alpha value is -4.36. The van der Waals surface area contributed by atoms with Crippen molar-refractivity contribution in [2.75, 3.05) is 151 Å². The number of hydrazone groups is 3. The van der Waals surface area contributed by atoms with E-state index >= 15 is 0 Å². The minimum atomic E-state index is -3.42. The fourth-order valence-corrected chi connectivity index (χ4v) is 14.8. The van der Waals surface area contributed by atoms with Crippen LogP contribution in [0.4, 0.5) is 5.69 Å². The summed E-state index contributed by atoms with van der Waals surface area (Å²) in [6, 6.07) is 31.2. The number of hydrogen-bond donors (Lipinski definition) is 5. The molecule has 25 heteroatoms. The molecule has 0 aliphatic carbocycles. The van der Waals surface area contributed by atoms with Crippen LogP contribution in [0, 0.1) is 11.8 Å². The quantitative estimate of drug-likeness (QED) is 0.00938. The SMILES string of the molecule is CC#Cc1ccc(N(CC)CCOc2ccc(/C=N/N(C)P(=S)(Oc3ccc(/C=N/N(C)P(=S)(NCCN(CC)CC)NCCN(CC)CC)cc3)Oc3ccc(/C=N/N(C)P(=S)(NCCN(CC)CC)NCCN(CC)CO)cc3)cc2)cc1. The molecular weight excluding hydrogens is 1180 g/mol. The number of ether oxygens (including phenoxy) is 1. The van der Waals surface area contributed by atoms with Crippen LogP contribution >= 0.6 is 19.6 Å². The van der Waals surface area contributed by atoms with Crippen molar-refractivity contribution in [1.29, 1.82) is 0 Å². The van der Waals surface area contributed by atoms with E-state index in [-0.39, 0.29) is 6.73 Å². The zero-order valence-electron chi connectivity index (χ0n) is 52.6. The molecule has 85 heavy (non-hydrogen) atoms. The van der Waals surface area contributed by atoms with Crippen LogP contribution in [-0.2, 0) is 35.4 Å². The first-order valence-corrected chi connectivity index (χ1v) is 37.8. The van der Waals surface area contributed by atoms with E-state index in [4.69, 9.17) is 64.5 Å². The van der Waals surface area contributed by atoms with Crippen molar-refractivity contribution >= 4 is 79.4 Å². The maximum Gasteiger partial charge on any atom is 0.410 e. The van der Waals surface area contributed by atoms with Crippen molar-refractivity contribution in [1.82, 2.24) is 54.3 Å². The molecule has 2 unspecified atom stereocenters. The van der Waals surface area contributed by atoms with Crippen LogP contribution in [0.5, 0.6) is 17.2 Å². The van der Waals surface area contributed by atoms with Gasteiger partial charge in [0.25, 0.3) is 0 Å². The maximum absolute atomic E-state index is 9.77. The summed E-state index contributed by atoms with van der Waals surface area (Å²) in [4.78, 5) is 11.3. The van der Waals surface area contributed by atoms with Gasteiger partial charge in [0.1, 0.15) is 23.9 Å². The summed E-state index contributed by atoms with van der Waals surface area (Å²) in [7, 11) is 5.59. The van der Waals surface area contributed by atoms with Gasteiger partial charge in [-0.25, -0.2) is 14.3 Å². The first-order valence-electron chi connectivity index (χ1n) is 29.7. The highest BCUT2D eigenvalue weighted by Gasteiger charge is 2.29. The summed E-state index contributed by atoms with van der Waals surface area (Å²) >= 11 is 18.9. The third-order valence-electron chi connectivity index (χ3n) is 14.2. The molecular formula is C60H98N15O4P3S3. The van der Waals surface area contributed by atoms with Crippen LogP contribution in [0.15, 0.2) is 112 Å². The summed E-state index contributed by atoms with van der Waals surface area (Å²) in [5, 5.41) is 38.8. The fourth-order valence-electron chi connectivity index (χ4n) is 8.49. The molecule has 0 aliphatic rings. The monoisotopic (exact) mass is 1280 g/mol. The Morgan fingerprint density at radius 1 is 0.471 bits per heavy atom. The summed E-state index contributed by atoms with van der Waals surface area (Å²) < 4.78 is 24.8. The molecule has 0 amide bonds. The lowest BCUT2D eigenvalue weighted by Crippen LogP contribution is -2.39. The molecule has 5 N–H and O–H groups in total. The van der Waals surface area contributed by atoms with Crippen molar-refractivity contribution in [2.45, 2.75) is 62.3 Å². The van der Waals surface area contributed by atoms with Gasteiger partial charge >= 0.3 is 6.64 Å². The van der Waals surface area contributed by atoms with Gasteiger partial charge in [-0.15, -0.1) is 5.92 Å². The number of hydrogen-bond acceptors (Lipinski definition) is 15. The predicted molar refractivity (Wildman–Crippen MR) is 372 cm³/mol. The average Bonchev–Trinajstić information content (AvgIpc) is 3.60. The smallest absolute Gasteiger partial charge is 0.410 e. The predicted octanol–water partition coefficient (Wildman–Crippen LogP) is 9.25. The molecule has 0 saturated heterocycles. The number of likely N-dealkylation sites (N-methyl/N-ethyl adjacent to an activating group) is 5. The Kier molecular flexibility index (Phi) is 34.0. The van der Waals surface area contributed by atoms with Crippen molar-refractivity contribution in [2.24, 2.45) is 15.3 Å². The summed E-state index contributed by atoms with van der Waals surface area (Å²) in [6.45, 7) is 25.3. The van der Waals surface area contributed by atoms with E-state index in [1.165, 1.54) is 0 Å². The molecule has 0 saturated carbocycles. The first-order chi connectivity index (χ1) is 41.0. The molecule has 0 heterocycles. The van der Waals surface area contributed by atoms with E-state index in [0.29, 0.717) is 37.7 Å². The maximum atomic E-state index is 9.77. The topological polar surface area (TPSA) is 159 Å². The molecule has 2 atom stereocenters. The number of benzene rings is 4. The van der Waals surface area contributed by atoms with Crippen molar-refractivity contribution < 1.29 is 18.9 Å². The van der Waals surface area contributed by atoms with Crippen molar-refractivity contribution in [3.8, 4) is 29.1 Å². The fraction of sp³-hybridized carbons (Fsp3) is 0.517. The summed E-state index contributed by atoms with van der Waals surface area (Å²) in [5.74, 6) is 7.82. The van der Waals surface area contributed by atoms with Gasteiger partial charge in [0.15, 0.2) is 13.0 Å². The molecule has 4 aromatic carbocycles. The minimum absolute atomic E-state index is 0.0158. The highest BCUT2D eigenvalue weighted by atomic mass is 32.5. The summed E-state index contributed by atoms with van der Waals surface area (Å²) in [6.07, 6.45) is 5.32. The number of nitrogens with zero attached hydrogens (tertiary/aromatic N) is 11. The number of aliphatic hydroxyl groups is 1. The lowest BCUT2D eigenvalue weighted by Gasteiger charge is -2.33. The molecule has 0 radical (unpaired) electrons. The largest absolute Gasteiger partial charge is 0.492 e. The van der Waals surface area contributed by atoms with Crippen LogP contribution < -0.4 is 39.0 Å². The second-order valence-corrected chi connectivity index (χ2v) is 30.8. The molecule has 470 valence electrons. The van der Waals surface area contributed by atoms with Crippen LogP contribution in [0.2, 0.25) is 0 Å². The molecule has 0 bridgehead atoms. The van der Waals surface area contributed by atoms with Crippen molar-refractivity contribution in [3.05, 3.63) is 119 Å². The molecule has 4 aromatic rings. The second kappa shape index (κ2) is 39.5. The molecule has 0 aliphatic heterocycles. The zero-order valence-corrected chi connectivity index (χ0v) is 57.7. The van der Waals surface area contributed by atoms with E-state index < -0.39 is 19.6 Å². The lowest BCUT2D eigenvalue weighted by molar-refractivity contribution is 0.115. The normalized spacial score (nSPS) is 13.4. The van der Waals surface area contributed by atoms with Crippen LogP contribution in [-0.4, -0.2) is 203 Å². The summed E-state index contributed by atoms with van der Waals surface area (Å²) in [5.41, 5.74) is 4.64. The molecule has 0 aromatic heterocycles. The lowest BCUT2D eigenvalue weighted by atomic mass is 10.2. The van der Waals surface area contributed by atoms with E-state index in [9.17, 15) is 5.11 Å². The van der Waals surface area contributed by atoms with E-state index in [1.807, 2.05) is 134 Å². The Morgan fingerprint density at radius 2 is 0.824 bits per heavy atom. The average molecular weight is 1280 g/mol. The highest BCUT2D eigenvalue weighted by Crippen LogP contribution is 2.52. The Bertz CT molecular complexity index is 2650. The van der Waals surface area contributed by atoms with Gasteiger partial charge in [0.05, 0.1) is 31.9 Å².